The summed E-state index contributed by atoms with van der Waals surface area (Å²) >= 11 is 6.15. The molecule has 6 heteroatoms. The maximum absolute atomic E-state index is 6.15. The van der Waals surface area contributed by atoms with Crippen molar-refractivity contribution in [1.82, 2.24) is 24.8 Å². The van der Waals surface area contributed by atoms with Gasteiger partial charge >= 0.3 is 0 Å². The lowest BCUT2D eigenvalue weighted by molar-refractivity contribution is 0.463. The van der Waals surface area contributed by atoms with Gasteiger partial charge < -0.3 is 9.88 Å². The first-order valence-electron chi connectivity index (χ1n) is 9.53. The van der Waals surface area contributed by atoms with Gasteiger partial charge in [0.15, 0.2) is 0 Å². The number of pyridine rings is 1. The summed E-state index contributed by atoms with van der Waals surface area (Å²) in [6.07, 6.45) is 11.4. The highest BCUT2D eigenvalue weighted by Gasteiger charge is 2.27. The Labute approximate surface area is 168 Å². The third-order valence-corrected chi connectivity index (χ3v) is 5.73. The van der Waals surface area contributed by atoms with E-state index in [9.17, 15) is 0 Å². The molecule has 3 aromatic heterocycles. The van der Waals surface area contributed by atoms with Crippen LogP contribution >= 0.6 is 11.6 Å². The third kappa shape index (κ3) is 2.97. The summed E-state index contributed by atoms with van der Waals surface area (Å²) in [4.78, 5) is 13.0. The molecule has 5 nitrogen and oxygen atoms in total. The molecule has 4 aromatic rings. The molecule has 0 saturated carbocycles. The van der Waals surface area contributed by atoms with Crippen molar-refractivity contribution < 1.29 is 0 Å². The largest absolute Gasteiger partial charge is 0.317 e. The fourth-order valence-electron chi connectivity index (χ4n) is 4.25. The van der Waals surface area contributed by atoms with Gasteiger partial charge in [-0.3, -0.25) is 4.98 Å². The van der Waals surface area contributed by atoms with Crippen LogP contribution in [-0.2, 0) is 0 Å². The molecule has 28 heavy (non-hydrogen) atoms. The lowest BCUT2D eigenvalue weighted by atomic mass is 9.87. The number of benzene rings is 1. The molecule has 0 amide bonds. The molecule has 0 aliphatic carbocycles. The van der Waals surface area contributed by atoms with E-state index in [1.807, 2.05) is 49.1 Å². The topological polar surface area (TPSA) is 55.6 Å². The third-order valence-electron chi connectivity index (χ3n) is 5.48. The fraction of sp³-hybridized carbons (Fsp3) is 0.227. The van der Waals surface area contributed by atoms with Gasteiger partial charge in [0.2, 0.25) is 0 Å². The minimum absolute atomic E-state index is 0.481. The SMILES string of the molecule is Clc1ccc(-n2c(-c3cncnc3)c(C3CCNCC3)c3ccncc32)cc1. The molecule has 0 spiro atoms. The summed E-state index contributed by atoms with van der Waals surface area (Å²) in [5.41, 5.74) is 5.68. The standard InChI is InChI=1S/C22H20ClN5/c23-17-1-3-18(4-2-17)28-20-13-25-10-7-19(20)21(15-5-8-24-9-6-15)22(28)16-11-26-14-27-12-16/h1-4,7,10-15,24H,5-6,8-9H2. The van der Waals surface area contributed by atoms with Crippen LogP contribution in [0.5, 0.6) is 0 Å². The molecule has 140 valence electrons. The Morgan fingerprint density at radius 2 is 1.68 bits per heavy atom. The molecule has 1 aliphatic heterocycles. The Hall–Kier alpha value is -2.76. The van der Waals surface area contributed by atoms with Crippen LogP contribution in [0.2, 0.25) is 5.02 Å². The van der Waals surface area contributed by atoms with Crippen molar-refractivity contribution in [1.29, 1.82) is 0 Å². The normalized spacial score (nSPS) is 15.2. The van der Waals surface area contributed by atoms with E-state index < -0.39 is 0 Å². The Kier molecular flexibility index (Phi) is 4.55. The summed E-state index contributed by atoms with van der Waals surface area (Å²) in [6, 6.07) is 10.1. The van der Waals surface area contributed by atoms with Crippen molar-refractivity contribution in [3.63, 3.8) is 0 Å². The molecular formula is C22H20ClN5. The number of nitrogens with zero attached hydrogens (tertiary/aromatic N) is 4. The number of nitrogens with one attached hydrogen (secondary N) is 1. The Morgan fingerprint density at radius 3 is 2.43 bits per heavy atom. The molecule has 0 bridgehead atoms. The van der Waals surface area contributed by atoms with E-state index in [1.54, 1.807) is 6.33 Å². The van der Waals surface area contributed by atoms with Crippen LogP contribution in [-0.4, -0.2) is 32.6 Å². The first-order chi connectivity index (χ1) is 13.8. The van der Waals surface area contributed by atoms with Crippen molar-refractivity contribution >= 4 is 22.5 Å². The maximum atomic E-state index is 6.15. The van der Waals surface area contributed by atoms with Gasteiger partial charge in [0, 0.05) is 40.3 Å². The first-order valence-corrected chi connectivity index (χ1v) is 9.91. The quantitative estimate of drug-likeness (QED) is 0.556. The van der Waals surface area contributed by atoms with E-state index in [0.717, 1.165) is 53.4 Å². The number of hydrogen-bond acceptors (Lipinski definition) is 4. The zero-order valence-electron chi connectivity index (χ0n) is 15.3. The highest BCUT2D eigenvalue weighted by atomic mass is 35.5. The van der Waals surface area contributed by atoms with Gasteiger partial charge in [0.25, 0.3) is 0 Å². The fourth-order valence-corrected chi connectivity index (χ4v) is 4.37. The maximum Gasteiger partial charge on any atom is 0.115 e. The minimum atomic E-state index is 0.481. The summed E-state index contributed by atoms with van der Waals surface area (Å²) in [6.45, 7) is 2.07. The molecule has 4 heterocycles. The molecule has 0 radical (unpaired) electrons. The van der Waals surface area contributed by atoms with E-state index >= 15 is 0 Å². The van der Waals surface area contributed by atoms with Crippen molar-refractivity contribution in [3.05, 3.63) is 72.0 Å². The highest BCUT2D eigenvalue weighted by molar-refractivity contribution is 6.30. The van der Waals surface area contributed by atoms with Crippen LogP contribution in [0.4, 0.5) is 0 Å². The predicted octanol–water partition coefficient (Wildman–Crippen LogP) is 4.60. The Balaban J connectivity index is 1.86. The van der Waals surface area contributed by atoms with E-state index in [0.29, 0.717) is 5.92 Å². The van der Waals surface area contributed by atoms with Crippen molar-refractivity contribution in [2.75, 3.05) is 13.1 Å². The molecule has 0 unspecified atom stereocenters. The number of piperidine rings is 1. The van der Waals surface area contributed by atoms with E-state index in [2.05, 4.69) is 30.9 Å². The van der Waals surface area contributed by atoms with Gasteiger partial charge in [-0.05, 0) is 67.7 Å². The Bertz CT molecular complexity index is 1100. The number of fused-ring (bicyclic) bond motifs is 1. The van der Waals surface area contributed by atoms with Crippen molar-refractivity contribution in [2.24, 2.45) is 0 Å². The molecule has 1 aliphatic rings. The molecular weight excluding hydrogens is 370 g/mol. The molecule has 1 N–H and O–H groups in total. The van der Waals surface area contributed by atoms with Gasteiger partial charge in [-0.15, -0.1) is 0 Å². The molecule has 1 aromatic carbocycles. The van der Waals surface area contributed by atoms with Crippen molar-refractivity contribution in [3.8, 4) is 16.9 Å². The first kappa shape index (κ1) is 17.3. The zero-order valence-corrected chi connectivity index (χ0v) is 16.1. The van der Waals surface area contributed by atoms with Crippen LogP contribution in [0, 0.1) is 0 Å². The second-order valence-corrected chi connectivity index (χ2v) is 7.55. The van der Waals surface area contributed by atoms with Crippen molar-refractivity contribution in [2.45, 2.75) is 18.8 Å². The highest BCUT2D eigenvalue weighted by Crippen LogP contribution is 2.42. The van der Waals surface area contributed by atoms with E-state index in [-0.39, 0.29) is 0 Å². The summed E-state index contributed by atoms with van der Waals surface area (Å²) in [5, 5.41) is 5.45. The van der Waals surface area contributed by atoms with Gasteiger partial charge in [-0.2, -0.15) is 0 Å². The zero-order chi connectivity index (χ0) is 18.9. The summed E-state index contributed by atoms with van der Waals surface area (Å²) in [7, 11) is 0. The average Bonchev–Trinajstić information content (AvgIpc) is 3.11. The van der Waals surface area contributed by atoms with E-state index in [1.165, 1.54) is 10.9 Å². The molecule has 5 rings (SSSR count). The Morgan fingerprint density at radius 1 is 0.929 bits per heavy atom. The average molecular weight is 390 g/mol. The number of hydrogen-bond donors (Lipinski definition) is 1. The van der Waals surface area contributed by atoms with Crippen LogP contribution < -0.4 is 5.32 Å². The van der Waals surface area contributed by atoms with Gasteiger partial charge in [-0.25, -0.2) is 9.97 Å². The number of aromatic nitrogens is 4. The van der Waals surface area contributed by atoms with Crippen LogP contribution in [0.15, 0.2) is 61.4 Å². The lowest BCUT2D eigenvalue weighted by Crippen LogP contribution is -2.26. The molecule has 1 saturated heterocycles. The number of rotatable bonds is 3. The lowest BCUT2D eigenvalue weighted by Gasteiger charge is -2.24. The smallest absolute Gasteiger partial charge is 0.115 e. The van der Waals surface area contributed by atoms with Gasteiger partial charge in [0.1, 0.15) is 6.33 Å². The van der Waals surface area contributed by atoms with Gasteiger partial charge in [0.05, 0.1) is 17.4 Å². The minimum Gasteiger partial charge on any atom is -0.317 e. The summed E-state index contributed by atoms with van der Waals surface area (Å²) in [5.74, 6) is 0.481. The van der Waals surface area contributed by atoms with Gasteiger partial charge in [-0.1, -0.05) is 11.6 Å². The monoisotopic (exact) mass is 389 g/mol. The summed E-state index contributed by atoms with van der Waals surface area (Å²) < 4.78 is 2.27. The van der Waals surface area contributed by atoms with Crippen LogP contribution in [0.25, 0.3) is 27.8 Å². The molecule has 1 fully saturated rings. The van der Waals surface area contributed by atoms with E-state index in [4.69, 9.17) is 11.6 Å². The van der Waals surface area contributed by atoms with Crippen LogP contribution in [0.3, 0.4) is 0 Å². The van der Waals surface area contributed by atoms with Crippen LogP contribution in [0.1, 0.15) is 24.3 Å². The number of halogens is 1. The second-order valence-electron chi connectivity index (χ2n) is 7.12. The predicted molar refractivity (Wildman–Crippen MR) is 112 cm³/mol. The molecule has 0 atom stereocenters. The second kappa shape index (κ2) is 7.34.